The molecule has 0 bridgehead atoms. The maximum Gasteiger partial charge on any atom is 0.144 e. The summed E-state index contributed by atoms with van der Waals surface area (Å²) in [6.07, 6.45) is 3.41. The van der Waals surface area contributed by atoms with Gasteiger partial charge in [-0.2, -0.15) is 0 Å². The topological polar surface area (TPSA) is 115 Å². The number of rotatable bonds is 11. The van der Waals surface area contributed by atoms with Crippen LogP contribution in [0.1, 0.15) is 67.2 Å². The number of anilines is 1. The molecule has 1 aliphatic rings. The van der Waals surface area contributed by atoms with E-state index in [4.69, 9.17) is 31.3 Å². The highest BCUT2D eigenvalue weighted by Gasteiger charge is 2.23. The third kappa shape index (κ3) is 7.05. The molecule has 1 aromatic heterocycles. The second-order valence-electron chi connectivity index (χ2n) is 9.58. The van der Waals surface area contributed by atoms with Crippen LogP contribution in [0.4, 0.5) is 5.82 Å². The van der Waals surface area contributed by atoms with Crippen LogP contribution in [0.3, 0.4) is 0 Å². The van der Waals surface area contributed by atoms with Crippen molar-refractivity contribution in [2.45, 2.75) is 65.5 Å². The lowest BCUT2D eigenvalue weighted by atomic mass is 9.90. The molecule has 0 saturated heterocycles. The number of hydrogen-bond donors (Lipinski definition) is 3. The first kappa shape index (κ1) is 28.1. The smallest absolute Gasteiger partial charge is 0.144 e. The third-order valence-corrected chi connectivity index (χ3v) is 7.18. The van der Waals surface area contributed by atoms with E-state index in [-0.39, 0.29) is 11.0 Å². The van der Waals surface area contributed by atoms with Crippen molar-refractivity contribution in [3.05, 3.63) is 46.4 Å². The molecule has 0 spiro atoms. The van der Waals surface area contributed by atoms with Gasteiger partial charge in [0.2, 0.25) is 0 Å². The van der Waals surface area contributed by atoms with Gasteiger partial charge in [0.15, 0.2) is 0 Å². The summed E-state index contributed by atoms with van der Waals surface area (Å²) in [6.45, 7) is 9.19. The lowest BCUT2D eigenvalue weighted by Crippen LogP contribution is -2.29. The number of nitrogens with one attached hydrogen (secondary N) is 2. The molecule has 36 heavy (non-hydrogen) atoms. The molecule has 0 saturated carbocycles. The van der Waals surface area contributed by atoms with Crippen molar-refractivity contribution in [1.29, 1.82) is 10.8 Å². The van der Waals surface area contributed by atoms with E-state index in [1.54, 1.807) is 0 Å². The molecule has 0 amide bonds. The van der Waals surface area contributed by atoms with Gasteiger partial charge in [0.25, 0.3) is 0 Å². The third-order valence-electron chi connectivity index (χ3n) is 6.48. The molecule has 1 aromatic carbocycles. The summed E-state index contributed by atoms with van der Waals surface area (Å²) in [6, 6.07) is 6.40. The summed E-state index contributed by atoms with van der Waals surface area (Å²) in [5.74, 6) is 3.26. The summed E-state index contributed by atoms with van der Waals surface area (Å²) in [5.41, 5.74) is 10.5. The van der Waals surface area contributed by atoms with Crippen LogP contribution in [0.2, 0.25) is 0 Å². The van der Waals surface area contributed by atoms with E-state index in [0.717, 1.165) is 54.5 Å². The first-order valence-electron chi connectivity index (χ1n) is 12.8. The monoisotopic (exact) mass is 511 g/mol. The standard InChI is InChI=1S/C27H41N7OS/c1-6-8-22-18(3)31-25(16-33(4)5)32-27(22)34-11-12-35-24-10-9-20(13-21(24)15-34)19(7-2)14-23(29)26(30)36-17-28/h9-10,13,19,29-30H,6-8,11-12,14-17,28H2,1-5H3. The van der Waals surface area contributed by atoms with Crippen LogP contribution in [0.5, 0.6) is 5.75 Å². The van der Waals surface area contributed by atoms with E-state index >= 15 is 0 Å². The fourth-order valence-electron chi connectivity index (χ4n) is 4.65. The minimum Gasteiger partial charge on any atom is -0.491 e. The Labute approximate surface area is 220 Å². The summed E-state index contributed by atoms with van der Waals surface area (Å²) in [7, 11) is 4.08. The van der Waals surface area contributed by atoms with Gasteiger partial charge >= 0.3 is 0 Å². The normalized spacial score (nSPS) is 14.2. The number of nitrogens with two attached hydrogens (primary N) is 1. The molecule has 2 heterocycles. The zero-order valence-corrected chi connectivity index (χ0v) is 23.2. The molecular formula is C27H41N7OS. The highest BCUT2D eigenvalue weighted by molar-refractivity contribution is 8.15. The van der Waals surface area contributed by atoms with Crippen molar-refractivity contribution >= 4 is 28.3 Å². The van der Waals surface area contributed by atoms with Gasteiger partial charge in [0, 0.05) is 29.2 Å². The minimum atomic E-state index is 0.168. The lowest BCUT2D eigenvalue weighted by Gasteiger charge is -2.26. The Morgan fingerprint density at radius 3 is 2.69 bits per heavy atom. The van der Waals surface area contributed by atoms with Gasteiger partial charge in [-0.05, 0) is 57.8 Å². The van der Waals surface area contributed by atoms with Gasteiger partial charge in [-0.1, -0.05) is 44.2 Å². The average Bonchev–Trinajstić information content (AvgIpc) is 3.05. The van der Waals surface area contributed by atoms with E-state index in [0.29, 0.717) is 37.7 Å². The maximum absolute atomic E-state index is 8.35. The quantitative estimate of drug-likeness (QED) is 0.227. The maximum atomic E-state index is 8.35. The Morgan fingerprint density at radius 2 is 2.03 bits per heavy atom. The Morgan fingerprint density at radius 1 is 1.25 bits per heavy atom. The number of nitrogens with zero attached hydrogens (tertiary/aromatic N) is 4. The summed E-state index contributed by atoms with van der Waals surface area (Å²) in [5, 5.41) is 16.7. The molecule has 9 heteroatoms. The lowest BCUT2D eigenvalue weighted by molar-refractivity contribution is 0.331. The summed E-state index contributed by atoms with van der Waals surface area (Å²) >= 11 is 1.22. The molecule has 1 aliphatic heterocycles. The number of aromatic nitrogens is 2. The highest BCUT2D eigenvalue weighted by Crippen LogP contribution is 2.33. The van der Waals surface area contributed by atoms with Gasteiger partial charge in [-0.25, -0.2) is 9.97 Å². The van der Waals surface area contributed by atoms with Crippen molar-refractivity contribution in [1.82, 2.24) is 14.9 Å². The largest absolute Gasteiger partial charge is 0.491 e. The summed E-state index contributed by atoms with van der Waals surface area (Å²) in [4.78, 5) is 14.3. The predicted molar refractivity (Wildman–Crippen MR) is 151 cm³/mol. The summed E-state index contributed by atoms with van der Waals surface area (Å²) < 4.78 is 6.16. The second kappa shape index (κ2) is 13.2. The fraction of sp³-hybridized carbons (Fsp3) is 0.556. The molecule has 4 N–H and O–H groups in total. The van der Waals surface area contributed by atoms with Crippen molar-refractivity contribution in [3.63, 3.8) is 0 Å². The SMILES string of the molecule is CCCc1c(C)nc(CN(C)C)nc1N1CCOc2ccc(C(CC)CC(=N)C(=N)SCN)cc2C1. The zero-order chi connectivity index (χ0) is 26.2. The number of benzene rings is 1. The molecule has 8 nitrogen and oxygen atoms in total. The van der Waals surface area contributed by atoms with Crippen LogP contribution in [0.25, 0.3) is 0 Å². The number of thioether (sulfide) groups is 1. The first-order valence-corrected chi connectivity index (χ1v) is 13.8. The van der Waals surface area contributed by atoms with Gasteiger partial charge < -0.3 is 25.7 Å². The second-order valence-corrected chi connectivity index (χ2v) is 10.6. The van der Waals surface area contributed by atoms with Crippen LogP contribution in [-0.2, 0) is 19.5 Å². The van der Waals surface area contributed by atoms with Crippen LogP contribution >= 0.6 is 11.8 Å². The van der Waals surface area contributed by atoms with Crippen molar-refractivity contribution in [2.75, 3.05) is 38.0 Å². The van der Waals surface area contributed by atoms with Crippen molar-refractivity contribution in [2.24, 2.45) is 5.73 Å². The van der Waals surface area contributed by atoms with Crippen LogP contribution < -0.4 is 15.4 Å². The van der Waals surface area contributed by atoms with Gasteiger partial charge in [0.1, 0.15) is 29.0 Å². The average molecular weight is 512 g/mol. The first-order chi connectivity index (χ1) is 17.3. The van der Waals surface area contributed by atoms with Gasteiger partial charge in [-0.3, -0.25) is 5.41 Å². The molecule has 2 aromatic rings. The molecular weight excluding hydrogens is 470 g/mol. The van der Waals surface area contributed by atoms with E-state index in [1.807, 2.05) is 14.1 Å². The zero-order valence-electron chi connectivity index (χ0n) is 22.4. The Balaban J connectivity index is 1.92. The fourth-order valence-corrected chi connectivity index (χ4v) is 5.08. The molecule has 0 radical (unpaired) electrons. The van der Waals surface area contributed by atoms with Crippen LogP contribution in [0, 0.1) is 17.7 Å². The van der Waals surface area contributed by atoms with Crippen LogP contribution in [-0.4, -0.2) is 58.7 Å². The number of fused-ring (bicyclic) bond motifs is 1. The molecule has 0 fully saturated rings. The van der Waals surface area contributed by atoms with E-state index in [9.17, 15) is 0 Å². The van der Waals surface area contributed by atoms with Gasteiger partial charge in [-0.15, -0.1) is 0 Å². The van der Waals surface area contributed by atoms with E-state index < -0.39 is 0 Å². The number of aryl methyl sites for hydroxylation is 1. The highest BCUT2D eigenvalue weighted by atomic mass is 32.2. The molecule has 1 unspecified atom stereocenters. The number of ether oxygens (including phenoxy) is 1. The van der Waals surface area contributed by atoms with Gasteiger partial charge in [0.05, 0.1) is 18.8 Å². The van der Waals surface area contributed by atoms with Crippen LogP contribution in [0.15, 0.2) is 18.2 Å². The predicted octanol–water partition coefficient (Wildman–Crippen LogP) is 4.73. The Hall–Kier alpha value is -2.49. The number of hydrogen-bond acceptors (Lipinski definition) is 9. The molecule has 1 atom stereocenters. The van der Waals surface area contributed by atoms with Crippen molar-refractivity contribution in [3.8, 4) is 5.75 Å². The Bertz CT molecular complexity index is 1070. The van der Waals surface area contributed by atoms with Crippen molar-refractivity contribution < 1.29 is 4.74 Å². The molecule has 3 rings (SSSR count). The van der Waals surface area contributed by atoms with E-state index in [2.05, 4.69) is 48.8 Å². The van der Waals surface area contributed by atoms with E-state index in [1.165, 1.54) is 22.9 Å². The molecule has 196 valence electrons. The molecule has 0 aliphatic carbocycles. The Kier molecular flexibility index (Phi) is 10.3. The minimum absolute atomic E-state index is 0.168.